The Hall–Kier alpha value is -1.65. The summed E-state index contributed by atoms with van der Waals surface area (Å²) in [5.41, 5.74) is 1.27. The molecule has 0 bridgehead atoms. The topological polar surface area (TPSA) is 34.9 Å². The summed E-state index contributed by atoms with van der Waals surface area (Å²) in [4.78, 5) is 16.7. The van der Waals surface area contributed by atoms with Gasteiger partial charge in [0.15, 0.2) is 0 Å². The second-order valence-corrected chi connectivity index (χ2v) is 5.41. The molecule has 1 aromatic heterocycles. The lowest BCUT2D eigenvalue weighted by molar-refractivity contribution is 0.963. The van der Waals surface area contributed by atoms with Gasteiger partial charge in [-0.15, -0.1) is 0 Å². The maximum Gasteiger partial charge on any atom is 0.265 e. The fraction of sp³-hybridized carbons (Fsp3) is 0. The molecule has 1 heterocycles. The van der Waals surface area contributed by atoms with E-state index in [1.54, 1.807) is 18.2 Å². The first-order valence-corrected chi connectivity index (χ1v) is 6.75. The van der Waals surface area contributed by atoms with E-state index in [4.69, 9.17) is 11.6 Å². The third kappa shape index (κ3) is 2.29. The van der Waals surface area contributed by atoms with Crippen molar-refractivity contribution in [2.75, 3.05) is 0 Å². The van der Waals surface area contributed by atoms with Crippen LogP contribution in [0.5, 0.6) is 0 Å². The number of nitrogens with zero attached hydrogens (tertiary/aromatic N) is 2. The molecule has 0 saturated carbocycles. The molecule has 0 aliphatic carbocycles. The Labute approximate surface area is 122 Å². The fourth-order valence-electron chi connectivity index (χ4n) is 1.88. The molecule has 5 heteroatoms. The summed E-state index contributed by atoms with van der Waals surface area (Å²) in [6, 6.07) is 12.6. The van der Waals surface area contributed by atoms with Crippen LogP contribution in [0.25, 0.3) is 16.6 Å². The van der Waals surface area contributed by atoms with Crippen LogP contribution in [0.3, 0.4) is 0 Å². The van der Waals surface area contributed by atoms with Crippen LogP contribution in [0.1, 0.15) is 0 Å². The molecule has 0 spiro atoms. The van der Waals surface area contributed by atoms with Gasteiger partial charge < -0.3 is 0 Å². The Morgan fingerprint density at radius 1 is 1.11 bits per heavy atom. The van der Waals surface area contributed by atoms with E-state index in [-0.39, 0.29) is 5.56 Å². The highest BCUT2D eigenvalue weighted by Crippen LogP contribution is 2.16. The number of rotatable bonds is 1. The Balaban J connectivity index is 2.26. The lowest BCUT2D eigenvalue weighted by Crippen LogP contribution is -2.18. The van der Waals surface area contributed by atoms with Gasteiger partial charge in [-0.05, 0) is 42.5 Å². The monoisotopic (exact) mass is 334 g/mol. The van der Waals surface area contributed by atoms with E-state index in [0.717, 1.165) is 10.2 Å². The van der Waals surface area contributed by atoms with E-state index in [1.165, 1.54) is 10.9 Å². The van der Waals surface area contributed by atoms with Gasteiger partial charge in [-0.2, -0.15) is 0 Å². The zero-order valence-corrected chi connectivity index (χ0v) is 12.0. The van der Waals surface area contributed by atoms with Crippen molar-refractivity contribution >= 4 is 38.4 Å². The van der Waals surface area contributed by atoms with Crippen molar-refractivity contribution in [2.24, 2.45) is 0 Å². The van der Waals surface area contributed by atoms with Gasteiger partial charge in [-0.25, -0.2) is 4.98 Å². The van der Waals surface area contributed by atoms with Crippen LogP contribution in [0, 0.1) is 0 Å². The normalized spacial score (nSPS) is 10.8. The minimum Gasteiger partial charge on any atom is -0.268 e. The van der Waals surface area contributed by atoms with E-state index in [0.29, 0.717) is 15.9 Å². The van der Waals surface area contributed by atoms with Crippen molar-refractivity contribution in [3.63, 3.8) is 0 Å². The highest BCUT2D eigenvalue weighted by Gasteiger charge is 2.06. The summed E-state index contributed by atoms with van der Waals surface area (Å²) in [7, 11) is 0. The van der Waals surface area contributed by atoms with Gasteiger partial charge in [-0.3, -0.25) is 9.36 Å². The number of hydrogen-bond donors (Lipinski definition) is 0. The van der Waals surface area contributed by atoms with Crippen LogP contribution in [0.15, 0.2) is 58.1 Å². The van der Waals surface area contributed by atoms with Gasteiger partial charge in [0.2, 0.25) is 0 Å². The molecule has 0 N–H and O–H groups in total. The predicted molar refractivity (Wildman–Crippen MR) is 80.1 cm³/mol. The quantitative estimate of drug-likeness (QED) is 0.678. The van der Waals surface area contributed by atoms with Crippen molar-refractivity contribution in [3.05, 3.63) is 68.6 Å². The number of halogens is 2. The summed E-state index contributed by atoms with van der Waals surface area (Å²) in [6.45, 7) is 0. The summed E-state index contributed by atoms with van der Waals surface area (Å²) < 4.78 is 2.48. The molecule has 0 atom stereocenters. The molecule has 0 fully saturated rings. The zero-order valence-electron chi connectivity index (χ0n) is 9.68. The third-order valence-corrected chi connectivity index (χ3v) is 3.59. The SMILES string of the molecule is O=c1c2ccc(Cl)cc2ncn1-c1ccc(Br)cc1. The Bertz CT molecular complexity index is 812. The van der Waals surface area contributed by atoms with Gasteiger partial charge in [0.05, 0.1) is 16.6 Å². The first kappa shape index (κ1) is 12.4. The molecule has 0 amide bonds. The number of hydrogen-bond acceptors (Lipinski definition) is 2. The molecular formula is C14H8BrClN2O. The molecule has 3 rings (SSSR count). The second-order valence-electron chi connectivity index (χ2n) is 4.06. The minimum absolute atomic E-state index is 0.107. The molecule has 2 aromatic carbocycles. The molecule has 3 nitrogen and oxygen atoms in total. The van der Waals surface area contributed by atoms with Crippen molar-refractivity contribution in [1.82, 2.24) is 9.55 Å². The van der Waals surface area contributed by atoms with Gasteiger partial charge in [0.1, 0.15) is 6.33 Å². The molecule has 94 valence electrons. The minimum atomic E-state index is -0.107. The summed E-state index contributed by atoms with van der Waals surface area (Å²) >= 11 is 9.26. The highest BCUT2D eigenvalue weighted by molar-refractivity contribution is 9.10. The van der Waals surface area contributed by atoms with Crippen molar-refractivity contribution in [1.29, 1.82) is 0 Å². The van der Waals surface area contributed by atoms with Crippen LogP contribution in [-0.4, -0.2) is 9.55 Å². The largest absolute Gasteiger partial charge is 0.268 e. The first-order chi connectivity index (χ1) is 9.15. The van der Waals surface area contributed by atoms with E-state index in [9.17, 15) is 4.79 Å². The van der Waals surface area contributed by atoms with Crippen LogP contribution in [0.4, 0.5) is 0 Å². The Kier molecular flexibility index (Phi) is 3.12. The number of benzene rings is 2. The fourth-order valence-corrected chi connectivity index (χ4v) is 2.31. The van der Waals surface area contributed by atoms with Gasteiger partial charge in [0, 0.05) is 9.50 Å². The molecule has 0 aliphatic heterocycles. The van der Waals surface area contributed by atoms with Gasteiger partial charge >= 0.3 is 0 Å². The first-order valence-electron chi connectivity index (χ1n) is 5.58. The number of fused-ring (bicyclic) bond motifs is 1. The van der Waals surface area contributed by atoms with Gasteiger partial charge in [-0.1, -0.05) is 27.5 Å². The molecule has 19 heavy (non-hydrogen) atoms. The average Bonchev–Trinajstić information content (AvgIpc) is 2.40. The summed E-state index contributed by atoms with van der Waals surface area (Å²) in [5, 5.41) is 1.12. The van der Waals surface area contributed by atoms with E-state index in [1.807, 2.05) is 24.3 Å². The van der Waals surface area contributed by atoms with Crippen LogP contribution >= 0.6 is 27.5 Å². The molecular weight excluding hydrogens is 328 g/mol. The smallest absolute Gasteiger partial charge is 0.265 e. The average molecular weight is 336 g/mol. The van der Waals surface area contributed by atoms with Gasteiger partial charge in [0.25, 0.3) is 5.56 Å². The standard InChI is InChI=1S/C14H8BrClN2O/c15-9-1-4-11(5-2-9)18-8-17-13-7-10(16)3-6-12(13)14(18)19/h1-8H. The molecule has 3 aromatic rings. The molecule has 0 saturated heterocycles. The number of aromatic nitrogens is 2. The van der Waals surface area contributed by atoms with E-state index >= 15 is 0 Å². The van der Waals surface area contributed by atoms with E-state index in [2.05, 4.69) is 20.9 Å². The van der Waals surface area contributed by atoms with E-state index < -0.39 is 0 Å². The lowest BCUT2D eigenvalue weighted by atomic mass is 10.2. The lowest BCUT2D eigenvalue weighted by Gasteiger charge is -2.06. The molecule has 0 aliphatic rings. The van der Waals surface area contributed by atoms with Crippen LogP contribution in [0.2, 0.25) is 5.02 Å². The second kappa shape index (κ2) is 4.79. The molecule has 0 unspecified atom stereocenters. The third-order valence-electron chi connectivity index (χ3n) is 2.83. The summed E-state index contributed by atoms with van der Waals surface area (Å²) in [6.07, 6.45) is 1.52. The van der Waals surface area contributed by atoms with Crippen molar-refractivity contribution < 1.29 is 0 Å². The summed E-state index contributed by atoms with van der Waals surface area (Å²) in [5.74, 6) is 0. The van der Waals surface area contributed by atoms with Crippen molar-refractivity contribution in [2.45, 2.75) is 0 Å². The van der Waals surface area contributed by atoms with Crippen LogP contribution < -0.4 is 5.56 Å². The zero-order chi connectivity index (χ0) is 13.4. The maximum absolute atomic E-state index is 12.4. The highest BCUT2D eigenvalue weighted by atomic mass is 79.9. The Morgan fingerprint density at radius 2 is 1.84 bits per heavy atom. The van der Waals surface area contributed by atoms with Crippen molar-refractivity contribution in [3.8, 4) is 5.69 Å². The predicted octanol–water partition coefficient (Wildman–Crippen LogP) is 3.80. The Morgan fingerprint density at radius 3 is 2.58 bits per heavy atom. The maximum atomic E-state index is 12.4. The van der Waals surface area contributed by atoms with Crippen LogP contribution in [-0.2, 0) is 0 Å². The molecule has 0 radical (unpaired) electrons.